The quantitative estimate of drug-likeness (QED) is 0.158. The second-order valence-corrected chi connectivity index (χ2v) is 10.4. The van der Waals surface area contributed by atoms with Gasteiger partial charge >= 0.3 is 0 Å². The molecule has 0 aromatic heterocycles. The van der Waals surface area contributed by atoms with Crippen LogP contribution in [0.4, 0.5) is 0 Å². The molecule has 37 heavy (non-hydrogen) atoms. The highest BCUT2D eigenvalue weighted by atomic mass is 16.6. The van der Waals surface area contributed by atoms with E-state index in [4.69, 9.17) is 18.9 Å². The molecule has 3 atom stereocenters. The highest BCUT2D eigenvalue weighted by Crippen LogP contribution is 2.23. The van der Waals surface area contributed by atoms with Crippen LogP contribution in [-0.2, 0) is 32.2 Å². The van der Waals surface area contributed by atoms with Gasteiger partial charge < -0.3 is 18.9 Å². The van der Waals surface area contributed by atoms with Gasteiger partial charge in [0.1, 0.15) is 18.3 Å². The third-order valence-corrected chi connectivity index (χ3v) is 7.22. The molecule has 3 rings (SSSR count). The maximum absolute atomic E-state index is 6.35. The van der Waals surface area contributed by atoms with E-state index in [1.807, 2.05) is 36.4 Å². The van der Waals surface area contributed by atoms with Crippen LogP contribution in [0.2, 0.25) is 0 Å². The molecule has 1 saturated heterocycles. The number of rotatable bonds is 21. The van der Waals surface area contributed by atoms with Crippen LogP contribution in [0.25, 0.3) is 0 Å². The lowest BCUT2D eigenvalue weighted by Crippen LogP contribution is -2.37. The van der Waals surface area contributed by atoms with Crippen molar-refractivity contribution >= 4 is 0 Å². The van der Waals surface area contributed by atoms with Gasteiger partial charge in [-0.3, -0.25) is 0 Å². The summed E-state index contributed by atoms with van der Waals surface area (Å²) < 4.78 is 24.7. The van der Waals surface area contributed by atoms with Gasteiger partial charge in [-0.1, -0.05) is 138 Å². The van der Waals surface area contributed by atoms with E-state index in [1.165, 1.54) is 76.2 Å². The van der Waals surface area contributed by atoms with E-state index in [2.05, 4.69) is 31.2 Å². The maximum atomic E-state index is 6.35. The van der Waals surface area contributed by atoms with E-state index in [0.717, 1.165) is 18.6 Å². The largest absolute Gasteiger partial charge is 0.374 e. The second kappa shape index (κ2) is 19.4. The minimum Gasteiger partial charge on any atom is -0.374 e. The summed E-state index contributed by atoms with van der Waals surface area (Å²) in [7, 11) is 0. The number of unbranched alkanes of at least 4 members (excludes halogenated alkanes) is 11. The minimum atomic E-state index is -0.117. The first-order chi connectivity index (χ1) is 18.4. The molecule has 1 heterocycles. The summed E-state index contributed by atoms with van der Waals surface area (Å²) in [5.41, 5.74) is 2.33. The molecule has 0 amide bonds. The second-order valence-electron chi connectivity index (χ2n) is 10.4. The van der Waals surface area contributed by atoms with Gasteiger partial charge in [0.2, 0.25) is 0 Å². The number of hydrogen-bond donors (Lipinski definition) is 0. The van der Waals surface area contributed by atoms with Crippen LogP contribution in [0.3, 0.4) is 0 Å². The fourth-order valence-corrected chi connectivity index (χ4v) is 4.96. The highest BCUT2D eigenvalue weighted by molar-refractivity contribution is 5.14. The van der Waals surface area contributed by atoms with Gasteiger partial charge in [-0.25, -0.2) is 0 Å². The average molecular weight is 511 g/mol. The van der Waals surface area contributed by atoms with Gasteiger partial charge in [-0.05, 0) is 17.5 Å². The monoisotopic (exact) mass is 510 g/mol. The predicted molar refractivity (Wildman–Crippen MR) is 152 cm³/mol. The molecule has 0 N–H and O–H groups in total. The summed E-state index contributed by atoms with van der Waals surface area (Å²) in [6.45, 7) is 5.27. The Bertz CT molecular complexity index is 781. The highest BCUT2D eigenvalue weighted by Gasteiger charge is 2.39. The van der Waals surface area contributed by atoms with E-state index in [0.29, 0.717) is 26.4 Å². The molecule has 0 bridgehead atoms. The number of hydrogen-bond acceptors (Lipinski definition) is 4. The Hall–Kier alpha value is -1.72. The number of ether oxygens (including phenoxy) is 4. The van der Waals surface area contributed by atoms with Crippen molar-refractivity contribution in [3.8, 4) is 0 Å². The van der Waals surface area contributed by atoms with Gasteiger partial charge in [0.25, 0.3) is 0 Å². The Morgan fingerprint density at radius 1 is 0.649 bits per heavy atom. The molecular weight excluding hydrogens is 460 g/mol. The Labute approximate surface area is 226 Å². The van der Waals surface area contributed by atoms with Gasteiger partial charge in [0, 0.05) is 6.61 Å². The lowest BCUT2D eigenvalue weighted by atomic mass is 10.1. The zero-order chi connectivity index (χ0) is 25.8. The molecule has 0 saturated carbocycles. The molecule has 4 heteroatoms. The lowest BCUT2D eigenvalue weighted by Gasteiger charge is -2.24. The van der Waals surface area contributed by atoms with Gasteiger partial charge in [-0.2, -0.15) is 0 Å². The molecule has 0 aliphatic carbocycles. The summed E-state index contributed by atoms with van der Waals surface area (Å²) in [4.78, 5) is 0. The van der Waals surface area contributed by atoms with Crippen molar-refractivity contribution in [1.29, 1.82) is 0 Å². The fraction of sp³-hybridized carbons (Fsp3) is 0.636. The molecule has 1 fully saturated rings. The summed E-state index contributed by atoms with van der Waals surface area (Å²) in [6, 6.07) is 20.6. The number of benzene rings is 2. The summed E-state index contributed by atoms with van der Waals surface area (Å²) in [5.74, 6) is 0. The third-order valence-electron chi connectivity index (χ3n) is 7.22. The minimum absolute atomic E-state index is 0.0401. The predicted octanol–water partition coefficient (Wildman–Crippen LogP) is 8.27. The topological polar surface area (TPSA) is 36.9 Å². The zero-order valence-corrected chi connectivity index (χ0v) is 23.2. The fourth-order valence-electron chi connectivity index (χ4n) is 4.96. The van der Waals surface area contributed by atoms with Crippen LogP contribution < -0.4 is 0 Å². The van der Waals surface area contributed by atoms with E-state index >= 15 is 0 Å². The molecule has 2 aromatic carbocycles. The first-order valence-corrected chi connectivity index (χ1v) is 14.9. The van der Waals surface area contributed by atoms with Crippen molar-refractivity contribution < 1.29 is 18.9 Å². The molecule has 2 aromatic rings. The SMILES string of the molecule is CCCCCCCCCCCCCCO[C@H]1CO[C@H](COCc2ccccc2)[C@@H]1OCc1ccccc1. The van der Waals surface area contributed by atoms with Crippen LogP contribution in [-0.4, -0.2) is 38.1 Å². The van der Waals surface area contributed by atoms with Crippen molar-refractivity contribution in [2.75, 3.05) is 19.8 Å². The Morgan fingerprint density at radius 3 is 1.78 bits per heavy atom. The maximum Gasteiger partial charge on any atom is 0.115 e. The van der Waals surface area contributed by atoms with E-state index in [-0.39, 0.29) is 18.3 Å². The Morgan fingerprint density at radius 2 is 1.19 bits per heavy atom. The molecule has 1 aliphatic heterocycles. The van der Waals surface area contributed by atoms with Crippen LogP contribution in [0.5, 0.6) is 0 Å². The van der Waals surface area contributed by atoms with Gasteiger partial charge in [0.05, 0.1) is 26.4 Å². The summed E-state index contributed by atoms with van der Waals surface area (Å²) in [5, 5.41) is 0. The smallest absolute Gasteiger partial charge is 0.115 e. The van der Waals surface area contributed by atoms with Crippen LogP contribution >= 0.6 is 0 Å². The van der Waals surface area contributed by atoms with E-state index in [9.17, 15) is 0 Å². The molecule has 0 spiro atoms. The van der Waals surface area contributed by atoms with Crippen molar-refractivity contribution in [1.82, 2.24) is 0 Å². The van der Waals surface area contributed by atoms with Crippen molar-refractivity contribution in [3.05, 3.63) is 71.8 Å². The molecular formula is C33H50O4. The molecule has 0 radical (unpaired) electrons. The normalized spacial score (nSPS) is 19.4. The summed E-state index contributed by atoms with van der Waals surface area (Å²) in [6.07, 6.45) is 15.9. The van der Waals surface area contributed by atoms with Gasteiger partial charge in [-0.15, -0.1) is 0 Å². The Kier molecular flexibility index (Phi) is 15.6. The first kappa shape index (κ1) is 29.8. The third kappa shape index (κ3) is 12.6. The van der Waals surface area contributed by atoms with Crippen molar-refractivity contribution in [3.63, 3.8) is 0 Å². The first-order valence-electron chi connectivity index (χ1n) is 14.9. The average Bonchev–Trinajstić information content (AvgIpc) is 3.32. The summed E-state index contributed by atoms with van der Waals surface area (Å²) >= 11 is 0. The van der Waals surface area contributed by atoms with Crippen LogP contribution in [0, 0.1) is 0 Å². The standard InChI is InChI=1S/C33H50O4/c1-2-3-4-5-6-7-8-9-10-11-12-19-24-35-32-28-36-31(27-34-25-29-20-15-13-16-21-29)33(32)37-26-30-22-17-14-18-23-30/h13-18,20-23,31-33H,2-12,19,24-28H2,1H3/t31-,32+,33+/m1/s1. The van der Waals surface area contributed by atoms with Crippen LogP contribution in [0.15, 0.2) is 60.7 Å². The molecule has 0 unspecified atom stereocenters. The van der Waals surface area contributed by atoms with Crippen LogP contribution in [0.1, 0.15) is 95.1 Å². The zero-order valence-electron chi connectivity index (χ0n) is 23.2. The molecule has 206 valence electrons. The van der Waals surface area contributed by atoms with Crippen molar-refractivity contribution in [2.45, 2.75) is 115 Å². The van der Waals surface area contributed by atoms with Crippen molar-refractivity contribution in [2.24, 2.45) is 0 Å². The Balaban J connectivity index is 1.31. The molecule has 4 nitrogen and oxygen atoms in total. The molecule has 1 aliphatic rings. The van der Waals surface area contributed by atoms with Gasteiger partial charge in [0.15, 0.2) is 0 Å². The van der Waals surface area contributed by atoms with E-state index < -0.39 is 0 Å². The van der Waals surface area contributed by atoms with E-state index in [1.54, 1.807) is 0 Å². The lowest BCUT2D eigenvalue weighted by molar-refractivity contribution is -0.0869.